The van der Waals surface area contributed by atoms with Crippen molar-refractivity contribution in [2.24, 2.45) is 0 Å². The van der Waals surface area contributed by atoms with Gasteiger partial charge in [-0.1, -0.05) is 30.7 Å². The van der Waals surface area contributed by atoms with Crippen molar-refractivity contribution in [1.82, 2.24) is 15.4 Å². The van der Waals surface area contributed by atoms with Gasteiger partial charge in [-0.25, -0.2) is 0 Å². The SMILES string of the molecule is CC(Cc1cn[nH]n1)c1ccc(Cl)cc1. The van der Waals surface area contributed by atoms with Crippen LogP contribution in [-0.4, -0.2) is 15.4 Å². The molecule has 0 saturated heterocycles. The highest BCUT2D eigenvalue weighted by atomic mass is 35.5. The van der Waals surface area contributed by atoms with E-state index in [-0.39, 0.29) is 0 Å². The minimum absolute atomic E-state index is 0.423. The van der Waals surface area contributed by atoms with E-state index in [1.807, 2.05) is 24.3 Å². The summed E-state index contributed by atoms with van der Waals surface area (Å²) in [6.45, 7) is 2.16. The van der Waals surface area contributed by atoms with Crippen molar-refractivity contribution in [3.05, 3.63) is 46.7 Å². The zero-order chi connectivity index (χ0) is 10.7. The molecule has 0 aliphatic heterocycles. The van der Waals surface area contributed by atoms with Crippen molar-refractivity contribution in [1.29, 1.82) is 0 Å². The van der Waals surface area contributed by atoms with Gasteiger partial charge in [-0.15, -0.1) is 0 Å². The molecule has 4 heteroatoms. The molecule has 78 valence electrons. The lowest BCUT2D eigenvalue weighted by Crippen LogP contribution is -1.98. The Morgan fingerprint density at radius 2 is 2.07 bits per heavy atom. The van der Waals surface area contributed by atoms with E-state index in [0.717, 1.165) is 17.1 Å². The van der Waals surface area contributed by atoms with Crippen molar-refractivity contribution >= 4 is 11.6 Å². The molecule has 2 aromatic rings. The average molecular weight is 222 g/mol. The van der Waals surface area contributed by atoms with Crippen LogP contribution in [0.4, 0.5) is 0 Å². The number of nitrogens with one attached hydrogen (secondary N) is 1. The van der Waals surface area contributed by atoms with Gasteiger partial charge in [0, 0.05) is 5.02 Å². The molecule has 0 amide bonds. The van der Waals surface area contributed by atoms with Crippen LogP contribution in [0, 0.1) is 0 Å². The molecule has 1 heterocycles. The average Bonchev–Trinajstić information content (AvgIpc) is 2.71. The van der Waals surface area contributed by atoms with E-state index >= 15 is 0 Å². The predicted molar refractivity (Wildman–Crippen MR) is 60.0 cm³/mol. The van der Waals surface area contributed by atoms with E-state index in [0.29, 0.717) is 5.92 Å². The number of aromatic amines is 1. The summed E-state index contributed by atoms with van der Waals surface area (Å²) >= 11 is 5.83. The second kappa shape index (κ2) is 4.45. The van der Waals surface area contributed by atoms with Crippen LogP contribution < -0.4 is 0 Å². The zero-order valence-electron chi connectivity index (χ0n) is 8.44. The molecule has 1 N–H and O–H groups in total. The van der Waals surface area contributed by atoms with Crippen LogP contribution in [0.2, 0.25) is 5.02 Å². The van der Waals surface area contributed by atoms with Gasteiger partial charge >= 0.3 is 0 Å². The van der Waals surface area contributed by atoms with Gasteiger partial charge in [-0.05, 0) is 30.0 Å². The fourth-order valence-corrected chi connectivity index (χ4v) is 1.67. The number of halogens is 1. The first kappa shape index (κ1) is 10.2. The number of H-pyrrole nitrogens is 1. The van der Waals surface area contributed by atoms with Crippen LogP contribution in [-0.2, 0) is 6.42 Å². The first-order valence-corrected chi connectivity index (χ1v) is 5.23. The topological polar surface area (TPSA) is 41.6 Å². The van der Waals surface area contributed by atoms with Gasteiger partial charge in [0.15, 0.2) is 0 Å². The minimum Gasteiger partial charge on any atom is -0.198 e. The minimum atomic E-state index is 0.423. The Hall–Kier alpha value is -1.35. The molecule has 0 bridgehead atoms. The molecule has 1 aromatic carbocycles. The molecule has 0 aliphatic rings. The molecular weight excluding hydrogens is 210 g/mol. The Bertz CT molecular complexity index is 408. The number of benzene rings is 1. The summed E-state index contributed by atoms with van der Waals surface area (Å²) in [7, 11) is 0. The third-order valence-electron chi connectivity index (χ3n) is 2.42. The Labute approximate surface area is 93.5 Å². The lowest BCUT2D eigenvalue weighted by molar-refractivity contribution is 0.736. The number of aromatic nitrogens is 3. The maximum Gasteiger partial charge on any atom is 0.0830 e. The summed E-state index contributed by atoms with van der Waals surface area (Å²) in [4.78, 5) is 0. The lowest BCUT2D eigenvalue weighted by Gasteiger charge is -2.09. The molecule has 1 aromatic heterocycles. The fraction of sp³-hybridized carbons (Fsp3) is 0.273. The smallest absolute Gasteiger partial charge is 0.0830 e. The van der Waals surface area contributed by atoms with Gasteiger partial charge in [-0.2, -0.15) is 15.4 Å². The van der Waals surface area contributed by atoms with E-state index in [1.54, 1.807) is 6.20 Å². The third-order valence-corrected chi connectivity index (χ3v) is 2.67. The predicted octanol–water partition coefficient (Wildman–Crippen LogP) is 2.80. The van der Waals surface area contributed by atoms with Gasteiger partial charge in [0.05, 0.1) is 11.9 Å². The van der Waals surface area contributed by atoms with E-state index in [9.17, 15) is 0 Å². The molecular formula is C11H12ClN3. The molecule has 0 radical (unpaired) electrons. The molecule has 0 spiro atoms. The summed E-state index contributed by atoms with van der Waals surface area (Å²) in [5.41, 5.74) is 2.25. The highest BCUT2D eigenvalue weighted by molar-refractivity contribution is 6.30. The van der Waals surface area contributed by atoms with Gasteiger partial charge in [0.2, 0.25) is 0 Å². The van der Waals surface area contributed by atoms with E-state index in [2.05, 4.69) is 22.3 Å². The normalized spacial score (nSPS) is 12.7. The third kappa shape index (κ3) is 2.57. The van der Waals surface area contributed by atoms with Crippen LogP contribution in [0.3, 0.4) is 0 Å². The number of rotatable bonds is 3. The lowest BCUT2D eigenvalue weighted by atomic mass is 9.97. The molecule has 2 rings (SSSR count). The monoisotopic (exact) mass is 221 g/mol. The molecule has 3 nitrogen and oxygen atoms in total. The second-order valence-electron chi connectivity index (χ2n) is 3.62. The molecule has 1 atom stereocenters. The Balaban J connectivity index is 2.08. The summed E-state index contributed by atoms with van der Waals surface area (Å²) in [6, 6.07) is 7.92. The van der Waals surface area contributed by atoms with E-state index in [4.69, 9.17) is 11.6 Å². The Kier molecular flexibility index (Phi) is 3.02. The summed E-state index contributed by atoms with van der Waals surface area (Å²) < 4.78 is 0. The molecule has 0 fully saturated rings. The van der Waals surface area contributed by atoms with Crippen LogP contribution in [0.15, 0.2) is 30.5 Å². The van der Waals surface area contributed by atoms with Gasteiger partial charge in [0.1, 0.15) is 0 Å². The van der Waals surface area contributed by atoms with Crippen LogP contribution in [0.25, 0.3) is 0 Å². The van der Waals surface area contributed by atoms with E-state index < -0.39 is 0 Å². The Morgan fingerprint density at radius 1 is 1.33 bits per heavy atom. The maximum atomic E-state index is 5.83. The largest absolute Gasteiger partial charge is 0.198 e. The molecule has 1 unspecified atom stereocenters. The van der Waals surface area contributed by atoms with Crippen LogP contribution in [0.5, 0.6) is 0 Å². The summed E-state index contributed by atoms with van der Waals surface area (Å²) in [6.07, 6.45) is 2.64. The highest BCUT2D eigenvalue weighted by Gasteiger charge is 2.07. The van der Waals surface area contributed by atoms with Gasteiger partial charge < -0.3 is 0 Å². The first-order valence-electron chi connectivity index (χ1n) is 4.86. The Morgan fingerprint density at radius 3 is 2.67 bits per heavy atom. The van der Waals surface area contributed by atoms with Gasteiger partial charge in [0.25, 0.3) is 0 Å². The number of nitrogens with zero attached hydrogens (tertiary/aromatic N) is 2. The highest BCUT2D eigenvalue weighted by Crippen LogP contribution is 2.20. The van der Waals surface area contributed by atoms with Crippen molar-refractivity contribution in [2.75, 3.05) is 0 Å². The number of hydrogen-bond donors (Lipinski definition) is 1. The quantitative estimate of drug-likeness (QED) is 0.866. The summed E-state index contributed by atoms with van der Waals surface area (Å²) in [5, 5.41) is 11.2. The zero-order valence-corrected chi connectivity index (χ0v) is 9.20. The van der Waals surface area contributed by atoms with Crippen LogP contribution >= 0.6 is 11.6 Å². The standard InChI is InChI=1S/C11H12ClN3/c1-8(6-11-7-13-15-14-11)9-2-4-10(12)5-3-9/h2-5,7-8H,6H2,1H3,(H,13,14,15). The number of hydrogen-bond acceptors (Lipinski definition) is 2. The van der Waals surface area contributed by atoms with Crippen molar-refractivity contribution < 1.29 is 0 Å². The maximum absolute atomic E-state index is 5.83. The first-order chi connectivity index (χ1) is 7.25. The van der Waals surface area contributed by atoms with E-state index in [1.165, 1.54) is 5.56 Å². The van der Waals surface area contributed by atoms with Crippen molar-refractivity contribution in [3.8, 4) is 0 Å². The van der Waals surface area contributed by atoms with Crippen molar-refractivity contribution in [2.45, 2.75) is 19.3 Å². The van der Waals surface area contributed by atoms with Gasteiger partial charge in [-0.3, -0.25) is 0 Å². The molecule has 0 aliphatic carbocycles. The summed E-state index contributed by atoms with van der Waals surface area (Å²) in [5.74, 6) is 0.423. The van der Waals surface area contributed by atoms with Crippen LogP contribution in [0.1, 0.15) is 24.1 Å². The molecule has 15 heavy (non-hydrogen) atoms. The van der Waals surface area contributed by atoms with Crippen molar-refractivity contribution in [3.63, 3.8) is 0 Å². The fourth-order valence-electron chi connectivity index (χ4n) is 1.55. The molecule has 0 saturated carbocycles. The second-order valence-corrected chi connectivity index (χ2v) is 4.05.